The van der Waals surface area contributed by atoms with Gasteiger partial charge in [0, 0.05) is 24.2 Å². The third kappa shape index (κ3) is 2.92. The number of hydrogen-bond donors (Lipinski definition) is 1. The molecule has 84 valence electrons. The van der Waals surface area contributed by atoms with E-state index in [1.807, 2.05) is 17.5 Å². The maximum absolute atomic E-state index is 5.50. The van der Waals surface area contributed by atoms with Crippen LogP contribution in [0.4, 0.5) is 5.13 Å². The van der Waals surface area contributed by atoms with Gasteiger partial charge in [-0.3, -0.25) is 0 Å². The molecule has 2 heterocycles. The number of hydrogen-bond acceptors (Lipinski definition) is 4. The zero-order chi connectivity index (χ0) is 10.5. The standard InChI is InChI=1S/C11H19N3S/c12-6-4-5-10-9-13-11(15-10)14-7-2-1-3-8-14/h9H,1-8,12H2. The summed E-state index contributed by atoms with van der Waals surface area (Å²) in [7, 11) is 0. The van der Waals surface area contributed by atoms with Gasteiger partial charge in [-0.2, -0.15) is 0 Å². The number of aryl methyl sites for hydroxylation is 1. The Morgan fingerprint density at radius 2 is 2.13 bits per heavy atom. The molecule has 0 aliphatic carbocycles. The Morgan fingerprint density at radius 3 is 2.87 bits per heavy atom. The average molecular weight is 225 g/mol. The molecule has 0 radical (unpaired) electrons. The normalized spacial score (nSPS) is 17.0. The Kier molecular flexibility index (Phi) is 3.97. The Morgan fingerprint density at radius 1 is 1.33 bits per heavy atom. The molecule has 15 heavy (non-hydrogen) atoms. The van der Waals surface area contributed by atoms with E-state index < -0.39 is 0 Å². The maximum atomic E-state index is 5.50. The van der Waals surface area contributed by atoms with Gasteiger partial charge in [0.05, 0.1) is 0 Å². The molecule has 1 saturated heterocycles. The molecule has 2 rings (SSSR count). The minimum absolute atomic E-state index is 0.775. The Bertz CT molecular complexity index is 292. The van der Waals surface area contributed by atoms with Crippen molar-refractivity contribution >= 4 is 16.5 Å². The summed E-state index contributed by atoms with van der Waals surface area (Å²) in [5.74, 6) is 0. The highest BCUT2D eigenvalue weighted by molar-refractivity contribution is 7.15. The summed E-state index contributed by atoms with van der Waals surface area (Å²) in [6.07, 6.45) is 8.19. The number of nitrogens with zero attached hydrogens (tertiary/aromatic N) is 2. The lowest BCUT2D eigenvalue weighted by atomic mass is 10.1. The summed E-state index contributed by atoms with van der Waals surface area (Å²) < 4.78 is 0. The molecule has 0 aromatic carbocycles. The molecule has 2 N–H and O–H groups in total. The van der Waals surface area contributed by atoms with Crippen molar-refractivity contribution < 1.29 is 0 Å². The molecule has 4 heteroatoms. The molecule has 0 unspecified atom stereocenters. The lowest BCUT2D eigenvalue weighted by Gasteiger charge is -2.25. The molecular weight excluding hydrogens is 206 g/mol. The molecule has 0 atom stereocenters. The van der Waals surface area contributed by atoms with Gasteiger partial charge >= 0.3 is 0 Å². The van der Waals surface area contributed by atoms with Crippen molar-refractivity contribution in [3.8, 4) is 0 Å². The highest BCUT2D eigenvalue weighted by Gasteiger charge is 2.13. The molecular formula is C11H19N3S. The van der Waals surface area contributed by atoms with Crippen LogP contribution in [0.25, 0.3) is 0 Å². The predicted molar refractivity (Wildman–Crippen MR) is 65.6 cm³/mol. The largest absolute Gasteiger partial charge is 0.348 e. The molecule has 1 fully saturated rings. The van der Waals surface area contributed by atoms with Crippen LogP contribution >= 0.6 is 11.3 Å². The predicted octanol–water partition coefficient (Wildman–Crippen LogP) is 2.02. The SMILES string of the molecule is NCCCc1cnc(N2CCCCC2)s1. The number of piperidine rings is 1. The first kappa shape index (κ1) is 10.9. The lowest BCUT2D eigenvalue weighted by Crippen LogP contribution is -2.29. The molecule has 0 amide bonds. The van der Waals surface area contributed by atoms with Gasteiger partial charge in [0.1, 0.15) is 0 Å². The van der Waals surface area contributed by atoms with Gasteiger partial charge in [0.2, 0.25) is 0 Å². The van der Waals surface area contributed by atoms with Crippen molar-refractivity contribution in [2.45, 2.75) is 32.1 Å². The Hall–Kier alpha value is -0.610. The fraction of sp³-hybridized carbons (Fsp3) is 0.727. The number of thiazole rings is 1. The fourth-order valence-corrected chi connectivity index (χ4v) is 2.92. The van der Waals surface area contributed by atoms with Crippen molar-refractivity contribution in [1.29, 1.82) is 0 Å². The second kappa shape index (κ2) is 5.47. The van der Waals surface area contributed by atoms with Gasteiger partial charge in [-0.1, -0.05) is 0 Å². The van der Waals surface area contributed by atoms with Gasteiger partial charge in [0.15, 0.2) is 5.13 Å². The molecule has 3 nitrogen and oxygen atoms in total. The monoisotopic (exact) mass is 225 g/mol. The van der Waals surface area contributed by atoms with Crippen LogP contribution < -0.4 is 10.6 Å². The summed E-state index contributed by atoms with van der Waals surface area (Å²) in [5, 5.41) is 1.21. The summed E-state index contributed by atoms with van der Waals surface area (Å²) in [5.41, 5.74) is 5.50. The van der Waals surface area contributed by atoms with Crippen LogP contribution in [-0.4, -0.2) is 24.6 Å². The Balaban J connectivity index is 1.93. The van der Waals surface area contributed by atoms with Gasteiger partial charge < -0.3 is 10.6 Å². The van der Waals surface area contributed by atoms with E-state index in [0.717, 1.165) is 19.4 Å². The van der Waals surface area contributed by atoms with Crippen LogP contribution in [-0.2, 0) is 6.42 Å². The van der Waals surface area contributed by atoms with Crippen LogP contribution in [0.3, 0.4) is 0 Å². The summed E-state index contributed by atoms with van der Waals surface area (Å²) in [4.78, 5) is 8.29. The molecule has 0 spiro atoms. The summed E-state index contributed by atoms with van der Waals surface area (Å²) in [6, 6.07) is 0. The van der Waals surface area contributed by atoms with Crippen LogP contribution in [0.1, 0.15) is 30.6 Å². The van der Waals surface area contributed by atoms with Crippen LogP contribution in [0.5, 0.6) is 0 Å². The highest BCUT2D eigenvalue weighted by atomic mass is 32.1. The molecule has 1 aliphatic heterocycles. The van der Waals surface area contributed by atoms with Gasteiger partial charge in [-0.15, -0.1) is 11.3 Å². The van der Waals surface area contributed by atoms with Crippen LogP contribution in [0.15, 0.2) is 6.20 Å². The molecule has 1 aliphatic rings. The quantitative estimate of drug-likeness (QED) is 0.852. The fourth-order valence-electron chi connectivity index (χ4n) is 1.92. The van der Waals surface area contributed by atoms with E-state index in [0.29, 0.717) is 0 Å². The van der Waals surface area contributed by atoms with E-state index in [9.17, 15) is 0 Å². The molecule has 0 bridgehead atoms. The number of nitrogens with two attached hydrogens (primary N) is 1. The van der Waals surface area contributed by atoms with E-state index in [1.54, 1.807) is 0 Å². The van der Waals surface area contributed by atoms with E-state index in [1.165, 1.54) is 42.4 Å². The van der Waals surface area contributed by atoms with Gasteiger partial charge in [0.25, 0.3) is 0 Å². The number of anilines is 1. The second-order valence-electron chi connectivity index (χ2n) is 4.05. The summed E-state index contributed by atoms with van der Waals surface area (Å²) >= 11 is 1.84. The first-order valence-electron chi connectivity index (χ1n) is 5.80. The molecule has 1 aromatic heterocycles. The minimum Gasteiger partial charge on any atom is -0.348 e. The van der Waals surface area contributed by atoms with Crippen molar-refractivity contribution in [1.82, 2.24) is 4.98 Å². The van der Waals surface area contributed by atoms with E-state index >= 15 is 0 Å². The van der Waals surface area contributed by atoms with Gasteiger partial charge in [-0.25, -0.2) is 4.98 Å². The van der Waals surface area contributed by atoms with E-state index in [-0.39, 0.29) is 0 Å². The van der Waals surface area contributed by atoms with Crippen LogP contribution in [0.2, 0.25) is 0 Å². The maximum Gasteiger partial charge on any atom is 0.185 e. The van der Waals surface area contributed by atoms with Crippen molar-refractivity contribution in [2.24, 2.45) is 5.73 Å². The van der Waals surface area contributed by atoms with Crippen molar-refractivity contribution in [3.05, 3.63) is 11.1 Å². The first-order chi connectivity index (χ1) is 7.40. The van der Waals surface area contributed by atoms with Gasteiger partial charge in [-0.05, 0) is 38.6 Å². The third-order valence-corrected chi connectivity index (χ3v) is 3.91. The molecule has 0 saturated carbocycles. The zero-order valence-corrected chi connectivity index (χ0v) is 9.93. The highest BCUT2D eigenvalue weighted by Crippen LogP contribution is 2.25. The minimum atomic E-state index is 0.775. The second-order valence-corrected chi connectivity index (χ2v) is 5.14. The average Bonchev–Trinajstić information content (AvgIpc) is 2.76. The number of rotatable bonds is 4. The van der Waals surface area contributed by atoms with Crippen molar-refractivity contribution in [3.63, 3.8) is 0 Å². The number of aromatic nitrogens is 1. The van der Waals surface area contributed by atoms with Crippen molar-refractivity contribution in [2.75, 3.05) is 24.5 Å². The Labute approximate surface area is 95.3 Å². The first-order valence-corrected chi connectivity index (χ1v) is 6.61. The summed E-state index contributed by atoms with van der Waals surface area (Å²) in [6.45, 7) is 3.14. The van der Waals surface area contributed by atoms with E-state index in [2.05, 4.69) is 9.88 Å². The smallest absolute Gasteiger partial charge is 0.185 e. The van der Waals surface area contributed by atoms with Crippen LogP contribution in [0, 0.1) is 0 Å². The zero-order valence-electron chi connectivity index (χ0n) is 9.11. The topological polar surface area (TPSA) is 42.1 Å². The lowest BCUT2D eigenvalue weighted by molar-refractivity contribution is 0.577. The van der Waals surface area contributed by atoms with E-state index in [4.69, 9.17) is 5.73 Å². The third-order valence-electron chi connectivity index (χ3n) is 2.80. The molecule has 1 aromatic rings.